The van der Waals surface area contributed by atoms with Crippen LogP contribution in [0.2, 0.25) is 0 Å². The van der Waals surface area contributed by atoms with Gasteiger partial charge in [-0.2, -0.15) is 5.26 Å². The fourth-order valence-corrected chi connectivity index (χ4v) is 3.10. The van der Waals surface area contributed by atoms with E-state index in [9.17, 15) is 5.26 Å². The summed E-state index contributed by atoms with van der Waals surface area (Å²) in [4.78, 5) is 0. The van der Waals surface area contributed by atoms with Gasteiger partial charge in [-0.1, -0.05) is 75.9 Å². The number of hydrogen-bond donors (Lipinski definition) is 0. The third kappa shape index (κ3) is 5.24. The standard InChI is InChI=1S/C23H29N/c1-3-5-7-9-19-11-14-21(15-12-19)23-16-13-20(10-8-6-4-2)17-22(23)18-24/h11-17H,3-10H2,1-2H3. The van der Waals surface area contributed by atoms with E-state index in [2.05, 4.69) is 62.4 Å². The molecule has 0 radical (unpaired) electrons. The number of rotatable bonds is 9. The molecule has 2 aromatic carbocycles. The summed E-state index contributed by atoms with van der Waals surface area (Å²) in [6.45, 7) is 4.45. The third-order valence-corrected chi connectivity index (χ3v) is 4.61. The Labute approximate surface area is 147 Å². The van der Waals surface area contributed by atoms with Gasteiger partial charge in [0.05, 0.1) is 11.6 Å². The SMILES string of the molecule is CCCCCc1ccc(-c2ccc(CCCCC)cc2C#N)cc1. The summed E-state index contributed by atoms with van der Waals surface area (Å²) in [6.07, 6.45) is 9.71. The lowest BCUT2D eigenvalue weighted by atomic mass is 9.95. The zero-order chi connectivity index (χ0) is 17.2. The number of aryl methyl sites for hydroxylation is 2. The fourth-order valence-electron chi connectivity index (χ4n) is 3.10. The number of unbranched alkanes of at least 4 members (excludes halogenated alkanes) is 4. The van der Waals surface area contributed by atoms with E-state index in [4.69, 9.17) is 0 Å². The molecule has 24 heavy (non-hydrogen) atoms. The lowest BCUT2D eigenvalue weighted by molar-refractivity contribution is 0.717. The Hall–Kier alpha value is -2.07. The van der Waals surface area contributed by atoms with E-state index in [1.165, 1.54) is 49.7 Å². The second-order valence-electron chi connectivity index (χ2n) is 6.60. The first-order chi connectivity index (χ1) is 11.8. The molecule has 0 aliphatic heterocycles. The van der Waals surface area contributed by atoms with Gasteiger partial charge in [0.1, 0.15) is 0 Å². The molecule has 126 valence electrons. The maximum Gasteiger partial charge on any atom is 0.0998 e. The molecule has 0 atom stereocenters. The van der Waals surface area contributed by atoms with Crippen molar-refractivity contribution >= 4 is 0 Å². The van der Waals surface area contributed by atoms with E-state index in [0.29, 0.717) is 0 Å². The van der Waals surface area contributed by atoms with Crippen molar-refractivity contribution in [1.29, 1.82) is 5.26 Å². The van der Waals surface area contributed by atoms with Gasteiger partial charge < -0.3 is 0 Å². The average Bonchev–Trinajstić information content (AvgIpc) is 2.63. The molecule has 0 heterocycles. The lowest BCUT2D eigenvalue weighted by Crippen LogP contribution is -1.91. The highest BCUT2D eigenvalue weighted by Gasteiger charge is 2.06. The number of hydrogen-bond acceptors (Lipinski definition) is 1. The maximum absolute atomic E-state index is 9.52. The lowest BCUT2D eigenvalue weighted by Gasteiger charge is -2.09. The molecule has 0 bridgehead atoms. The summed E-state index contributed by atoms with van der Waals surface area (Å²) in [6, 6.07) is 17.5. The van der Waals surface area contributed by atoms with Crippen LogP contribution in [0, 0.1) is 11.3 Å². The first kappa shape index (κ1) is 18.3. The van der Waals surface area contributed by atoms with Crippen LogP contribution in [0.25, 0.3) is 11.1 Å². The number of nitriles is 1. The molecule has 1 nitrogen and oxygen atoms in total. The zero-order valence-corrected chi connectivity index (χ0v) is 15.1. The van der Waals surface area contributed by atoms with Crippen molar-refractivity contribution in [2.75, 3.05) is 0 Å². The highest BCUT2D eigenvalue weighted by molar-refractivity contribution is 5.71. The molecule has 0 fully saturated rings. The molecule has 0 saturated heterocycles. The minimum atomic E-state index is 0.794. The summed E-state index contributed by atoms with van der Waals surface area (Å²) >= 11 is 0. The van der Waals surface area contributed by atoms with E-state index in [1.807, 2.05) is 0 Å². The van der Waals surface area contributed by atoms with Crippen molar-refractivity contribution in [3.8, 4) is 17.2 Å². The number of benzene rings is 2. The predicted molar refractivity (Wildman–Crippen MR) is 103 cm³/mol. The highest BCUT2D eigenvalue weighted by Crippen LogP contribution is 2.26. The highest BCUT2D eigenvalue weighted by atomic mass is 14.2. The molecule has 0 aliphatic rings. The minimum absolute atomic E-state index is 0.794. The summed E-state index contributed by atoms with van der Waals surface area (Å²) < 4.78 is 0. The Morgan fingerprint density at radius 2 is 1.33 bits per heavy atom. The van der Waals surface area contributed by atoms with Gasteiger partial charge in [0.15, 0.2) is 0 Å². The molecule has 0 unspecified atom stereocenters. The summed E-state index contributed by atoms with van der Waals surface area (Å²) in [5.74, 6) is 0. The fraction of sp³-hybridized carbons (Fsp3) is 0.435. The Morgan fingerprint density at radius 1 is 0.750 bits per heavy atom. The monoisotopic (exact) mass is 319 g/mol. The Kier molecular flexibility index (Phi) is 7.56. The van der Waals surface area contributed by atoms with Crippen molar-refractivity contribution in [2.45, 2.75) is 65.2 Å². The van der Waals surface area contributed by atoms with Crippen LogP contribution in [0.4, 0.5) is 0 Å². The van der Waals surface area contributed by atoms with Crippen molar-refractivity contribution in [3.05, 3.63) is 59.2 Å². The van der Waals surface area contributed by atoms with Gasteiger partial charge in [-0.3, -0.25) is 0 Å². The molecular formula is C23H29N. The van der Waals surface area contributed by atoms with Crippen molar-refractivity contribution in [1.82, 2.24) is 0 Å². The Bertz CT molecular complexity index is 661. The molecule has 0 aliphatic carbocycles. The van der Waals surface area contributed by atoms with Crippen molar-refractivity contribution in [2.24, 2.45) is 0 Å². The summed E-state index contributed by atoms with van der Waals surface area (Å²) in [7, 11) is 0. The maximum atomic E-state index is 9.52. The van der Waals surface area contributed by atoms with Crippen LogP contribution in [0.3, 0.4) is 0 Å². The predicted octanol–water partition coefficient (Wildman–Crippen LogP) is 6.69. The van der Waals surface area contributed by atoms with E-state index in [0.717, 1.165) is 29.5 Å². The van der Waals surface area contributed by atoms with E-state index in [-0.39, 0.29) is 0 Å². The van der Waals surface area contributed by atoms with Crippen LogP contribution < -0.4 is 0 Å². The van der Waals surface area contributed by atoms with Crippen LogP contribution in [0.1, 0.15) is 69.1 Å². The van der Waals surface area contributed by atoms with E-state index < -0.39 is 0 Å². The van der Waals surface area contributed by atoms with Gasteiger partial charge in [-0.05, 0) is 54.0 Å². The van der Waals surface area contributed by atoms with Gasteiger partial charge in [0.2, 0.25) is 0 Å². The molecule has 0 aromatic heterocycles. The molecule has 1 heteroatoms. The van der Waals surface area contributed by atoms with Gasteiger partial charge in [0.25, 0.3) is 0 Å². The molecule has 2 rings (SSSR count). The van der Waals surface area contributed by atoms with E-state index >= 15 is 0 Å². The molecule has 2 aromatic rings. The van der Waals surface area contributed by atoms with Crippen LogP contribution >= 0.6 is 0 Å². The second-order valence-corrected chi connectivity index (χ2v) is 6.60. The summed E-state index contributed by atoms with van der Waals surface area (Å²) in [5.41, 5.74) is 5.66. The average molecular weight is 319 g/mol. The van der Waals surface area contributed by atoms with E-state index in [1.54, 1.807) is 0 Å². The first-order valence-corrected chi connectivity index (χ1v) is 9.40. The van der Waals surface area contributed by atoms with Crippen molar-refractivity contribution in [3.63, 3.8) is 0 Å². The smallest absolute Gasteiger partial charge is 0.0998 e. The Balaban J connectivity index is 2.11. The van der Waals surface area contributed by atoms with Gasteiger partial charge in [0, 0.05) is 0 Å². The topological polar surface area (TPSA) is 23.8 Å². The summed E-state index contributed by atoms with van der Waals surface area (Å²) in [5, 5.41) is 9.52. The largest absolute Gasteiger partial charge is 0.192 e. The van der Waals surface area contributed by atoms with Crippen LogP contribution in [0.15, 0.2) is 42.5 Å². The quantitative estimate of drug-likeness (QED) is 0.472. The molecule has 0 N–H and O–H groups in total. The van der Waals surface area contributed by atoms with Gasteiger partial charge in [-0.25, -0.2) is 0 Å². The van der Waals surface area contributed by atoms with Gasteiger partial charge in [-0.15, -0.1) is 0 Å². The normalized spacial score (nSPS) is 10.5. The molecular weight excluding hydrogens is 290 g/mol. The Morgan fingerprint density at radius 3 is 1.92 bits per heavy atom. The molecule has 0 spiro atoms. The second kappa shape index (κ2) is 9.93. The number of nitrogens with zero attached hydrogens (tertiary/aromatic N) is 1. The first-order valence-electron chi connectivity index (χ1n) is 9.40. The van der Waals surface area contributed by atoms with Crippen LogP contribution in [-0.4, -0.2) is 0 Å². The van der Waals surface area contributed by atoms with Gasteiger partial charge >= 0.3 is 0 Å². The molecule has 0 saturated carbocycles. The zero-order valence-electron chi connectivity index (χ0n) is 15.1. The van der Waals surface area contributed by atoms with Crippen LogP contribution in [-0.2, 0) is 12.8 Å². The molecule has 0 amide bonds. The third-order valence-electron chi connectivity index (χ3n) is 4.61. The minimum Gasteiger partial charge on any atom is -0.192 e. The van der Waals surface area contributed by atoms with Crippen LogP contribution in [0.5, 0.6) is 0 Å². The van der Waals surface area contributed by atoms with Crippen molar-refractivity contribution < 1.29 is 0 Å².